The van der Waals surface area contributed by atoms with Gasteiger partial charge in [-0.2, -0.15) is 0 Å². The number of carbonyl (C=O) groups excluding carboxylic acids is 1. The summed E-state index contributed by atoms with van der Waals surface area (Å²) >= 11 is 5.18. The summed E-state index contributed by atoms with van der Waals surface area (Å²) in [5.41, 5.74) is 1.84. The molecule has 3 N–H and O–H groups in total. The molecule has 1 amide bonds. The van der Waals surface area contributed by atoms with Crippen molar-refractivity contribution in [1.82, 2.24) is 5.32 Å². The lowest BCUT2D eigenvalue weighted by atomic mass is 9.87. The molecule has 0 saturated heterocycles. The molecule has 0 unspecified atom stereocenters. The summed E-state index contributed by atoms with van der Waals surface area (Å²) in [6, 6.07) is 12.0. The number of aromatic hydroxyl groups is 1. The minimum Gasteiger partial charge on any atom is -0.506 e. The van der Waals surface area contributed by atoms with Crippen LogP contribution in [-0.2, 0) is 5.41 Å². The second-order valence-electron chi connectivity index (χ2n) is 6.62. The van der Waals surface area contributed by atoms with Crippen molar-refractivity contribution in [3.05, 3.63) is 53.6 Å². The quantitative estimate of drug-likeness (QED) is 0.575. The Morgan fingerprint density at radius 1 is 1.16 bits per heavy atom. The average molecular weight is 358 g/mol. The number of amides is 1. The standard InChI is InChI=1S/C19H22N2O3S/c1-19(2,3)13-8-9-16(22)15(11-13)20-18(25)21-17(23)12-6-5-7-14(10-12)24-4/h5-11,22H,1-4H3,(H2,20,21,23,25). The molecule has 0 aromatic heterocycles. The van der Waals surface area contributed by atoms with Gasteiger partial charge in [0.15, 0.2) is 5.11 Å². The van der Waals surface area contributed by atoms with Crippen molar-refractivity contribution < 1.29 is 14.6 Å². The zero-order chi connectivity index (χ0) is 18.6. The summed E-state index contributed by atoms with van der Waals surface area (Å²) in [5, 5.41) is 15.6. The predicted octanol–water partition coefficient (Wildman–Crippen LogP) is 3.83. The number of thiocarbonyl (C=S) groups is 1. The number of anilines is 1. The van der Waals surface area contributed by atoms with Crippen LogP contribution in [0.15, 0.2) is 42.5 Å². The van der Waals surface area contributed by atoms with E-state index in [2.05, 4.69) is 31.4 Å². The van der Waals surface area contributed by atoms with E-state index >= 15 is 0 Å². The zero-order valence-electron chi connectivity index (χ0n) is 14.7. The Labute approximate surface area is 153 Å². The van der Waals surface area contributed by atoms with Crippen LogP contribution in [0, 0.1) is 0 Å². The summed E-state index contributed by atoms with van der Waals surface area (Å²) in [6.07, 6.45) is 0. The number of nitrogens with one attached hydrogen (secondary N) is 2. The van der Waals surface area contributed by atoms with E-state index in [0.29, 0.717) is 17.0 Å². The van der Waals surface area contributed by atoms with Crippen LogP contribution in [0.25, 0.3) is 0 Å². The smallest absolute Gasteiger partial charge is 0.257 e. The second-order valence-corrected chi connectivity index (χ2v) is 7.03. The largest absolute Gasteiger partial charge is 0.506 e. The van der Waals surface area contributed by atoms with E-state index < -0.39 is 0 Å². The molecular formula is C19H22N2O3S. The van der Waals surface area contributed by atoms with Crippen LogP contribution in [0.5, 0.6) is 11.5 Å². The van der Waals surface area contributed by atoms with Gasteiger partial charge in [0.05, 0.1) is 12.8 Å². The predicted molar refractivity (Wildman–Crippen MR) is 103 cm³/mol. The molecule has 25 heavy (non-hydrogen) atoms. The third-order valence-electron chi connectivity index (χ3n) is 3.67. The van der Waals surface area contributed by atoms with Crippen LogP contribution in [0.3, 0.4) is 0 Å². The summed E-state index contributed by atoms with van der Waals surface area (Å²) in [6.45, 7) is 6.23. The number of carbonyl (C=O) groups is 1. The van der Waals surface area contributed by atoms with Gasteiger partial charge in [0.1, 0.15) is 11.5 Å². The first kappa shape index (κ1) is 18.7. The maximum atomic E-state index is 12.3. The Hall–Kier alpha value is -2.60. The van der Waals surface area contributed by atoms with Gasteiger partial charge in [0, 0.05) is 5.56 Å². The van der Waals surface area contributed by atoms with Gasteiger partial charge in [-0.1, -0.05) is 32.9 Å². The molecule has 0 aliphatic rings. The number of methoxy groups -OCH3 is 1. The molecule has 5 nitrogen and oxygen atoms in total. The van der Waals surface area contributed by atoms with Crippen LogP contribution in [0.2, 0.25) is 0 Å². The number of phenols is 1. The summed E-state index contributed by atoms with van der Waals surface area (Å²) in [4.78, 5) is 12.3. The third-order valence-corrected chi connectivity index (χ3v) is 3.87. The molecule has 132 valence electrons. The van der Waals surface area contributed by atoms with Crippen LogP contribution < -0.4 is 15.4 Å². The first-order chi connectivity index (χ1) is 11.7. The summed E-state index contributed by atoms with van der Waals surface area (Å²) in [7, 11) is 1.54. The molecule has 0 aliphatic heterocycles. The van der Waals surface area contributed by atoms with E-state index in [0.717, 1.165) is 5.56 Å². The van der Waals surface area contributed by atoms with E-state index in [1.165, 1.54) is 7.11 Å². The molecule has 0 atom stereocenters. The van der Waals surface area contributed by atoms with Gasteiger partial charge in [0.25, 0.3) is 5.91 Å². The number of hydrogen-bond acceptors (Lipinski definition) is 4. The Balaban J connectivity index is 2.11. The van der Waals surface area contributed by atoms with Crippen molar-refractivity contribution in [2.75, 3.05) is 12.4 Å². The van der Waals surface area contributed by atoms with Gasteiger partial charge in [-0.05, 0) is 53.5 Å². The second kappa shape index (κ2) is 7.53. The van der Waals surface area contributed by atoms with Gasteiger partial charge >= 0.3 is 0 Å². The fourth-order valence-corrected chi connectivity index (χ4v) is 2.40. The van der Waals surface area contributed by atoms with Crippen molar-refractivity contribution in [3.8, 4) is 11.5 Å². The fraction of sp³-hybridized carbons (Fsp3) is 0.263. The Morgan fingerprint density at radius 3 is 2.52 bits per heavy atom. The van der Waals surface area contributed by atoms with E-state index in [1.54, 1.807) is 30.3 Å². The number of ether oxygens (including phenoxy) is 1. The van der Waals surface area contributed by atoms with E-state index in [4.69, 9.17) is 17.0 Å². The Bertz CT molecular complexity index is 797. The molecule has 0 radical (unpaired) electrons. The van der Waals surface area contributed by atoms with E-state index in [-0.39, 0.29) is 22.2 Å². The van der Waals surface area contributed by atoms with Crippen LogP contribution in [-0.4, -0.2) is 23.2 Å². The highest BCUT2D eigenvalue weighted by molar-refractivity contribution is 7.80. The lowest BCUT2D eigenvalue weighted by molar-refractivity contribution is 0.0977. The normalized spacial score (nSPS) is 10.9. The maximum absolute atomic E-state index is 12.3. The molecule has 0 aliphatic carbocycles. The molecule has 0 fully saturated rings. The molecular weight excluding hydrogens is 336 g/mol. The molecule has 0 saturated carbocycles. The minimum atomic E-state index is -0.358. The molecule has 0 spiro atoms. The number of phenolic OH excluding ortho intramolecular Hbond substituents is 1. The average Bonchev–Trinajstić information content (AvgIpc) is 2.55. The number of benzene rings is 2. The molecule has 2 aromatic carbocycles. The van der Waals surface area contributed by atoms with Crippen LogP contribution in [0.4, 0.5) is 5.69 Å². The first-order valence-corrected chi connectivity index (χ1v) is 8.21. The summed E-state index contributed by atoms with van der Waals surface area (Å²) < 4.78 is 5.10. The highest BCUT2D eigenvalue weighted by Gasteiger charge is 2.16. The van der Waals surface area contributed by atoms with Gasteiger partial charge < -0.3 is 15.2 Å². The lowest BCUT2D eigenvalue weighted by Crippen LogP contribution is -2.34. The highest BCUT2D eigenvalue weighted by atomic mass is 32.1. The minimum absolute atomic E-state index is 0.0611. The fourth-order valence-electron chi connectivity index (χ4n) is 2.20. The first-order valence-electron chi connectivity index (χ1n) is 7.80. The molecule has 6 heteroatoms. The zero-order valence-corrected chi connectivity index (χ0v) is 15.5. The number of hydrogen-bond donors (Lipinski definition) is 3. The van der Waals surface area contributed by atoms with Crippen molar-refractivity contribution >= 4 is 28.9 Å². The van der Waals surface area contributed by atoms with Crippen LogP contribution in [0.1, 0.15) is 36.7 Å². The summed E-state index contributed by atoms with van der Waals surface area (Å²) in [5.74, 6) is 0.288. The SMILES string of the molecule is COc1cccc(C(=O)NC(=S)Nc2cc(C(C)(C)C)ccc2O)c1. The third kappa shape index (κ3) is 4.93. The van der Waals surface area contributed by atoms with Crippen molar-refractivity contribution in [2.45, 2.75) is 26.2 Å². The van der Waals surface area contributed by atoms with E-state index in [1.807, 2.05) is 12.1 Å². The van der Waals surface area contributed by atoms with Gasteiger partial charge in [-0.3, -0.25) is 10.1 Å². The monoisotopic (exact) mass is 358 g/mol. The molecule has 0 heterocycles. The van der Waals surface area contributed by atoms with Gasteiger partial charge in [0.2, 0.25) is 0 Å². The molecule has 2 rings (SSSR count). The topological polar surface area (TPSA) is 70.6 Å². The highest BCUT2D eigenvalue weighted by Crippen LogP contribution is 2.30. The van der Waals surface area contributed by atoms with Crippen molar-refractivity contribution in [3.63, 3.8) is 0 Å². The Kier molecular flexibility index (Phi) is 5.64. The van der Waals surface area contributed by atoms with Crippen molar-refractivity contribution in [1.29, 1.82) is 0 Å². The maximum Gasteiger partial charge on any atom is 0.257 e. The Morgan fingerprint density at radius 2 is 1.88 bits per heavy atom. The van der Waals surface area contributed by atoms with Crippen molar-refractivity contribution in [2.24, 2.45) is 0 Å². The lowest BCUT2D eigenvalue weighted by Gasteiger charge is -2.21. The van der Waals surface area contributed by atoms with Gasteiger partial charge in [-0.25, -0.2) is 0 Å². The molecule has 2 aromatic rings. The van der Waals surface area contributed by atoms with Crippen LogP contribution >= 0.6 is 12.2 Å². The van der Waals surface area contributed by atoms with Gasteiger partial charge in [-0.15, -0.1) is 0 Å². The van der Waals surface area contributed by atoms with E-state index in [9.17, 15) is 9.90 Å². The molecule has 0 bridgehead atoms. The number of rotatable bonds is 3.